The fourth-order valence-corrected chi connectivity index (χ4v) is 5.38. The molecule has 1 saturated heterocycles. The normalized spacial score (nSPS) is 17.3. The molecule has 3 aromatic heterocycles. The molecule has 8 nitrogen and oxygen atoms in total. The van der Waals surface area contributed by atoms with Gasteiger partial charge in [0.25, 0.3) is 5.91 Å². The van der Waals surface area contributed by atoms with E-state index < -0.39 is 0 Å². The molecular weight excluding hydrogens is 436 g/mol. The first kappa shape index (κ1) is 19.8. The number of benzene rings is 1. The van der Waals surface area contributed by atoms with Crippen LogP contribution in [0.4, 0.5) is 21.9 Å². The van der Waals surface area contributed by atoms with E-state index in [2.05, 4.69) is 25.9 Å². The van der Waals surface area contributed by atoms with Crippen LogP contribution in [-0.2, 0) is 0 Å². The molecule has 6 rings (SSSR count). The first-order chi connectivity index (χ1) is 16.2. The highest BCUT2D eigenvalue weighted by atomic mass is 32.1. The maximum atomic E-state index is 13.3. The number of thiophene rings is 1. The van der Waals surface area contributed by atoms with E-state index in [0.29, 0.717) is 26.8 Å². The fraction of sp³-hybridized carbons (Fsp3) is 0.167. The standard InChI is InChI=1S/C24H20N6O2S/c31-22(28-15-6-9-25-13-15)21-20-19-18(8-11-27-23(19)33-21)30(24(32)29-20)16-7-10-26-17(12-16)14-4-2-1-3-5-14/h1-5,7-8,10-12,15,25H,6,9,13H2,(H,28,31)(H,29,32). The van der Waals surface area contributed by atoms with Gasteiger partial charge in [0.05, 0.1) is 28.1 Å². The molecule has 2 aliphatic heterocycles. The number of rotatable bonds is 4. The second kappa shape index (κ2) is 7.95. The van der Waals surface area contributed by atoms with E-state index in [0.717, 1.165) is 36.2 Å². The van der Waals surface area contributed by atoms with Crippen molar-refractivity contribution in [2.45, 2.75) is 12.5 Å². The third-order valence-corrected chi connectivity index (χ3v) is 7.02. The number of carbonyl (C=O) groups is 2. The van der Waals surface area contributed by atoms with E-state index in [1.807, 2.05) is 42.5 Å². The molecule has 33 heavy (non-hydrogen) atoms. The van der Waals surface area contributed by atoms with E-state index >= 15 is 0 Å². The molecule has 9 heteroatoms. The molecule has 3 amide bonds. The van der Waals surface area contributed by atoms with Gasteiger partial charge in [-0.05, 0) is 31.2 Å². The van der Waals surface area contributed by atoms with E-state index in [1.54, 1.807) is 23.4 Å². The highest BCUT2D eigenvalue weighted by Crippen LogP contribution is 2.45. The van der Waals surface area contributed by atoms with Crippen LogP contribution in [0.1, 0.15) is 16.1 Å². The molecule has 1 unspecified atom stereocenters. The van der Waals surface area contributed by atoms with Gasteiger partial charge >= 0.3 is 6.03 Å². The predicted octanol–water partition coefficient (Wildman–Crippen LogP) is 4.13. The number of nitrogens with zero attached hydrogens (tertiary/aromatic N) is 3. The maximum Gasteiger partial charge on any atom is 0.331 e. The van der Waals surface area contributed by atoms with Gasteiger partial charge in [0.1, 0.15) is 9.71 Å². The highest BCUT2D eigenvalue weighted by molar-refractivity contribution is 7.21. The van der Waals surface area contributed by atoms with Crippen LogP contribution in [0.2, 0.25) is 0 Å². The van der Waals surface area contributed by atoms with Crippen molar-refractivity contribution < 1.29 is 9.59 Å². The van der Waals surface area contributed by atoms with Gasteiger partial charge in [0.15, 0.2) is 0 Å². The Bertz CT molecular complexity index is 1380. The smallest absolute Gasteiger partial charge is 0.331 e. The lowest BCUT2D eigenvalue weighted by atomic mass is 10.1. The lowest BCUT2D eigenvalue weighted by Crippen LogP contribution is -2.37. The SMILES string of the molecule is O=C(NC1CCNC1)c1sc2nccc3c2c1NC(=O)N3c1ccnc(-c2ccccc2)c1. The minimum atomic E-state index is -0.324. The van der Waals surface area contributed by atoms with E-state index in [9.17, 15) is 9.59 Å². The molecule has 0 aliphatic carbocycles. The number of hydrogen-bond donors (Lipinski definition) is 3. The Hall–Kier alpha value is -3.82. The minimum Gasteiger partial charge on any atom is -0.347 e. The lowest BCUT2D eigenvalue weighted by molar-refractivity contribution is 0.0945. The quantitative estimate of drug-likeness (QED) is 0.429. The molecule has 5 heterocycles. The number of nitrogens with one attached hydrogen (secondary N) is 3. The van der Waals surface area contributed by atoms with Gasteiger partial charge in [-0.25, -0.2) is 9.78 Å². The fourth-order valence-electron chi connectivity index (χ4n) is 4.35. The van der Waals surface area contributed by atoms with Gasteiger partial charge < -0.3 is 16.0 Å². The number of amides is 3. The topological polar surface area (TPSA) is 99.2 Å². The number of aromatic nitrogens is 2. The Kier molecular flexibility index (Phi) is 4.78. The lowest BCUT2D eigenvalue weighted by Gasteiger charge is -2.28. The Morgan fingerprint density at radius 1 is 1.12 bits per heavy atom. The number of carbonyl (C=O) groups excluding carboxylic acids is 2. The van der Waals surface area contributed by atoms with Crippen molar-refractivity contribution in [3.8, 4) is 11.3 Å². The van der Waals surface area contributed by atoms with Crippen LogP contribution in [0.3, 0.4) is 0 Å². The van der Waals surface area contributed by atoms with E-state index in [-0.39, 0.29) is 18.0 Å². The van der Waals surface area contributed by atoms with Crippen LogP contribution in [0.15, 0.2) is 60.9 Å². The molecule has 1 atom stereocenters. The number of pyridine rings is 2. The zero-order valence-corrected chi connectivity index (χ0v) is 18.4. The van der Waals surface area contributed by atoms with Crippen LogP contribution in [0, 0.1) is 0 Å². The summed E-state index contributed by atoms with van der Waals surface area (Å²) in [4.78, 5) is 38.1. The van der Waals surface area contributed by atoms with Gasteiger partial charge in [-0.15, -0.1) is 11.3 Å². The summed E-state index contributed by atoms with van der Waals surface area (Å²) < 4.78 is 0. The molecular formula is C24H20N6O2S. The summed E-state index contributed by atoms with van der Waals surface area (Å²) in [6.07, 6.45) is 4.26. The van der Waals surface area contributed by atoms with Crippen LogP contribution in [-0.4, -0.2) is 41.0 Å². The Morgan fingerprint density at radius 3 is 2.79 bits per heavy atom. The van der Waals surface area contributed by atoms with Crippen molar-refractivity contribution in [2.24, 2.45) is 0 Å². The van der Waals surface area contributed by atoms with E-state index in [4.69, 9.17) is 0 Å². The Morgan fingerprint density at radius 2 is 1.97 bits per heavy atom. The van der Waals surface area contributed by atoms with Gasteiger partial charge in [-0.3, -0.25) is 14.7 Å². The number of urea groups is 1. The maximum absolute atomic E-state index is 13.3. The second-order valence-electron chi connectivity index (χ2n) is 8.01. The zero-order valence-electron chi connectivity index (χ0n) is 17.5. The molecule has 164 valence electrons. The van der Waals surface area contributed by atoms with Gasteiger partial charge in [-0.2, -0.15) is 0 Å². The monoisotopic (exact) mass is 456 g/mol. The summed E-state index contributed by atoms with van der Waals surface area (Å²) in [7, 11) is 0. The van der Waals surface area contributed by atoms with Crippen LogP contribution in [0.5, 0.6) is 0 Å². The Labute approximate surface area is 193 Å². The first-order valence-corrected chi connectivity index (χ1v) is 11.6. The molecule has 0 bridgehead atoms. The minimum absolute atomic E-state index is 0.0892. The average molecular weight is 457 g/mol. The number of anilines is 3. The zero-order chi connectivity index (χ0) is 22.4. The molecule has 3 N–H and O–H groups in total. The molecule has 2 aliphatic rings. The molecule has 1 aromatic carbocycles. The second-order valence-corrected chi connectivity index (χ2v) is 9.01. The predicted molar refractivity (Wildman–Crippen MR) is 129 cm³/mol. The van der Waals surface area contributed by atoms with Crippen molar-refractivity contribution in [3.63, 3.8) is 0 Å². The van der Waals surface area contributed by atoms with Crippen LogP contribution < -0.4 is 20.9 Å². The van der Waals surface area contributed by atoms with Crippen molar-refractivity contribution in [3.05, 3.63) is 65.8 Å². The first-order valence-electron chi connectivity index (χ1n) is 10.7. The molecule has 4 aromatic rings. The van der Waals surface area contributed by atoms with Crippen LogP contribution >= 0.6 is 11.3 Å². The van der Waals surface area contributed by atoms with Crippen LogP contribution in [0.25, 0.3) is 21.5 Å². The van der Waals surface area contributed by atoms with Gasteiger partial charge in [-0.1, -0.05) is 30.3 Å². The largest absolute Gasteiger partial charge is 0.347 e. The van der Waals surface area contributed by atoms with Gasteiger partial charge in [0, 0.05) is 30.5 Å². The summed E-state index contributed by atoms with van der Waals surface area (Å²) in [5, 5.41) is 10.0. The summed E-state index contributed by atoms with van der Waals surface area (Å²) in [6.45, 7) is 1.64. The van der Waals surface area contributed by atoms with Gasteiger partial charge in [0.2, 0.25) is 0 Å². The summed E-state index contributed by atoms with van der Waals surface area (Å²) in [6, 6.07) is 15.1. The number of hydrogen-bond acceptors (Lipinski definition) is 6. The molecule has 0 saturated carbocycles. The van der Waals surface area contributed by atoms with Crippen molar-refractivity contribution in [2.75, 3.05) is 23.3 Å². The van der Waals surface area contributed by atoms with Crippen molar-refractivity contribution in [1.82, 2.24) is 20.6 Å². The summed E-state index contributed by atoms with van der Waals surface area (Å²) in [5.41, 5.74) is 3.65. The molecule has 0 radical (unpaired) electrons. The average Bonchev–Trinajstić information content (AvgIpc) is 3.49. The molecule has 0 spiro atoms. The third-order valence-electron chi connectivity index (χ3n) is 5.92. The summed E-state index contributed by atoms with van der Waals surface area (Å²) in [5.74, 6) is -0.184. The third kappa shape index (κ3) is 3.42. The van der Waals surface area contributed by atoms with E-state index in [1.165, 1.54) is 11.3 Å². The van der Waals surface area contributed by atoms with Crippen molar-refractivity contribution in [1.29, 1.82) is 0 Å². The molecule has 1 fully saturated rings. The summed E-state index contributed by atoms with van der Waals surface area (Å²) >= 11 is 1.30. The van der Waals surface area contributed by atoms with Crippen molar-refractivity contribution >= 4 is 50.6 Å². The highest BCUT2D eigenvalue weighted by Gasteiger charge is 2.33. The Balaban J connectivity index is 1.42.